The number of nitrogens with one attached hydrogen (secondary N) is 1. The molecule has 0 radical (unpaired) electrons. The molecule has 0 fully saturated rings. The van der Waals surface area contributed by atoms with Gasteiger partial charge in [-0.1, -0.05) is 65.3 Å². The van der Waals surface area contributed by atoms with E-state index in [0.717, 1.165) is 12.5 Å². The third-order valence-electron chi connectivity index (χ3n) is 3.62. The Kier molecular flexibility index (Phi) is 6.42. The summed E-state index contributed by atoms with van der Waals surface area (Å²) in [5.41, 5.74) is 2.88. The molecule has 0 bridgehead atoms. The van der Waals surface area contributed by atoms with Crippen LogP contribution >= 0.6 is 0 Å². The fraction of sp³-hybridized carbons (Fsp3) is 0.647. The third kappa shape index (κ3) is 4.45. The van der Waals surface area contributed by atoms with Crippen molar-refractivity contribution in [3.63, 3.8) is 0 Å². The highest BCUT2D eigenvalue weighted by atomic mass is 14.9. The van der Waals surface area contributed by atoms with Gasteiger partial charge in [-0.25, -0.2) is 0 Å². The van der Waals surface area contributed by atoms with Crippen molar-refractivity contribution in [2.75, 3.05) is 6.54 Å². The maximum Gasteiger partial charge on any atom is 0.0345 e. The molecule has 102 valence electrons. The minimum absolute atomic E-state index is 0.494. The maximum atomic E-state index is 3.61. The summed E-state index contributed by atoms with van der Waals surface area (Å²) in [6, 6.07) is 9.69. The van der Waals surface area contributed by atoms with Gasteiger partial charge in [0.15, 0.2) is 0 Å². The summed E-state index contributed by atoms with van der Waals surface area (Å²) in [6.07, 6.45) is 2.39. The molecule has 0 spiro atoms. The lowest BCUT2D eigenvalue weighted by atomic mass is 9.91. The first-order valence-electron chi connectivity index (χ1n) is 7.40. The third-order valence-corrected chi connectivity index (χ3v) is 3.62. The van der Waals surface area contributed by atoms with Crippen LogP contribution in [-0.2, 0) is 6.42 Å². The topological polar surface area (TPSA) is 12.0 Å². The molecule has 0 aliphatic carbocycles. The molecule has 1 rings (SSSR count). The van der Waals surface area contributed by atoms with E-state index in [0.29, 0.717) is 12.0 Å². The summed E-state index contributed by atoms with van der Waals surface area (Å²) in [5, 5.41) is 3.61. The SMILES string of the molecule is CCNC(c1ccc(CC(C)C)cc1)C(C)CC. The average molecular weight is 247 g/mol. The van der Waals surface area contributed by atoms with Crippen molar-refractivity contribution >= 4 is 0 Å². The Bertz CT molecular complexity index is 326. The van der Waals surface area contributed by atoms with Crippen molar-refractivity contribution in [3.8, 4) is 0 Å². The van der Waals surface area contributed by atoms with Crippen LogP contribution in [0.3, 0.4) is 0 Å². The van der Waals surface area contributed by atoms with Crippen LogP contribution in [0.2, 0.25) is 0 Å². The van der Waals surface area contributed by atoms with Gasteiger partial charge in [0.2, 0.25) is 0 Å². The highest BCUT2D eigenvalue weighted by Gasteiger charge is 2.16. The van der Waals surface area contributed by atoms with Gasteiger partial charge in [-0.2, -0.15) is 0 Å². The molecule has 2 unspecified atom stereocenters. The number of hydrogen-bond acceptors (Lipinski definition) is 1. The molecule has 0 saturated heterocycles. The normalized spacial score (nSPS) is 14.8. The molecule has 1 N–H and O–H groups in total. The predicted molar refractivity (Wildman–Crippen MR) is 80.9 cm³/mol. The summed E-state index contributed by atoms with van der Waals surface area (Å²) < 4.78 is 0. The standard InChI is InChI=1S/C17H29N/c1-6-14(5)17(18-7-2)16-10-8-15(9-11-16)12-13(3)4/h8-11,13-14,17-18H,6-7,12H2,1-5H3. The van der Waals surface area contributed by atoms with Gasteiger partial charge in [0, 0.05) is 6.04 Å². The minimum Gasteiger partial charge on any atom is -0.310 e. The van der Waals surface area contributed by atoms with Gasteiger partial charge in [0.1, 0.15) is 0 Å². The van der Waals surface area contributed by atoms with Crippen LogP contribution in [-0.4, -0.2) is 6.54 Å². The van der Waals surface area contributed by atoms with Crippen molar-refractivity contribution < 1.29 is 0 Å². The molecule has 0 saturated carbocycles. The highest BCUT2D eigenvalue weighted by Crippen LogP contribution is 2.25. The summed E-state index contributed by atoms with van der Waals surface area (Å²) in [7, 11) is 0. The van der Waals surface area contributed by atoms with E-state index in [4.69, 9.17) is 0 Å². The molecule has 2 atom stereocenters. The van der Waals surface area contributed by atoms with Gasteiger partial charge >= 0.3 is 0 Å². The zero-order valence-corrected chi connectivity index (χ0v) is 12.7. The lowest BCUT2D eigenvalue weighted by Gasteiger charge is -2.24. The van der Waals surface area contributed by atoms with Crippen LogP contribution in [0.25, 0.3) is 0 Å². The average Bonchev–Trinajstić information content (AvgIpc) is 2.35. The Morgan fingerprint density at radius 3 is 2.06 bits per heavy atom. The summed E-state index contributed by atoms with van der Waals surface area (Å²) in [5.74, 6) is 1.41. The zero-order chi connectivity index (χ0) is 13.5. The van der Waals surface area contributed by atoms with Crippen LogP contribution in [0, 0.1) is 11.8 Å². The van der Waals surface area contributed by atoms with Gasteiger partial charge in [-0.05, 0) is 35.9 Å². The van der Waals surface area contributed by atoms with Crippen molar-refractivity contribution in [2.45, 2.75) is 53.5 Å². The van der Waals surface area contributed by atoms with E-state index in [1.807, 2.05) is 0 Å². The molecule has 1 heteroatoms. The van der Waals surface area contributed by atoms with Gasteiger partial charge in [0.05, 0.1) is 0 Å². The van der Waals surface area contributed by atoms with E-state index in [1.165, 1.54) is 24.0 Å². The largest absolute Gasteiger partial charge is 0.310 e. The molecule has 1 aromatic carbocycles. The summed E-state index contributed by atoms with van der Waals surface area (Å²) in [6.45, 7) is 12.4. The van der Waals surface area contributed by atoms with E-state index in [1.54, 1.807) is 0 Å². The van der Waals surface area contributed by atoms with E-state index in [2.05, 4.69) is 64.2 Å². The Balaban J connectivity index is 2.79. The first kappa shape index (κ1) is 15.2. The molecular weight excluding hydrogens is 218 g/mol. The number of hydrogen-bond donors (Lipinski definition) is 1. The molecule has 18 heavy (non-hydrogen) atoms. The van der Waals surface area contributed by atoms with E-state index in [9.17, 15) is 0 Å². The fourth-order valence-electron chi connectivity index (χ4n) is 2.44. The lowest BCUT2D eigenvalue weighted by molar-refractivity contribution is 0.384. The monoisotopic (exact) mass is 247 g/mol. The molecule has 0 aromatic heterocycles. The number of rotatable bonds is 7. The van der Waals surface area contributed by atoms with Crippen molar-refractivity contribution in [2.24, 2.45) is 11.8 Å². The molecule has 0 aliphatic rings. The Hall–Kier alpha value is -0.820. The van der Waals surface area contributed by atoms with Crippen molar-refractivity contribution in [3.05, 3.63) is 35.4 Å². The summed E-state index contributed by atoms with van der Waals surface area (Å²) in [4.78, 5) is 0. The Morgan fingerprint density at radius 2 is 1.61 bits per heavy atom. The van der Waals surface area contributed by atoms with Crippen LogP contribution in [0.1, 0.15) is 58.2 Å². The van der Waals surface area contributed by atoms with Gasteiger partial charge in [-0.15, -0.1) is 0 Å². The van der Waals surface area contributed by atoms with Crippen LogP contribution in [0.15, 0.2) is 24.3 Å². The molecular formula is C17H29N. The van der Waals surface area contributed by atoms with E-state index >= 15 is 0 Å². The smallest absolute Gasteiger partial charge is 0.0345 e. The van der Waals surface area contributed by atoms with E-state index in [-0.39, 0.29) is 0 Å². The predicted octanol–water partition coefficient (Wildman–Crippen LogP) is 4.58. The second-order valence-corrected chi connectivity index (χ2v) is 5.76. The molecule has 0 heterocycles. The zero-order valence-electron chi connectivity index (χ0n) is 12.7. The lowest BCUT2D eigenvalue weighted by Crippen LogP contribution is -2.26. The van der Waals surface area contributed by atoms with Gasteiger partial charge < -0.3 is 5.32 Å². The second kappa shape index (κ2) is 7.58. The Morgan fingerprint density at radius 1 is 1.00 bits per heavy atom. The van der Waals surface area contributed by atoms with Gasteiger partial charge in [0.25, 0.3) is 0 Å². The summed E-state index contributed by atoms with van der Waals surface area (Å²) >= 11 is 0. The highest BCUT2D eigenvalue weighted by molar-refractivity contribution is 5.25. The van der Waals surface area contributed by atoms with Crippen LogP contribution < -0.4 is 5.32 Å². The number of benzene rings is 1. The van der Waals surface area contributed by atoms with Gasteiger partial charge in [-0.3, -0.25) is 0 Å². The van der Waals surface area contributed by atoms with Crippen LogP contribution in [0.4, 0.5) is 0 Å². The second-order valence-electron chi connectivity index (χ2n) is 5.76. The first-order valence-corrected chi connectivity index (χ1v) is 7.40. The van der Waals surface area contributed by atoms with Crippen molar-refractivity contribution in [1.29, 1.82) is 0 Å². The first-order chi connectivity index (χ1) is 8.58. The van der Waals surface area contributed by atoms with Crippen LogP contribution in [0.5, 0.6) is 0 Å². The van der Waals surface area contributed by atoms with E-state index < -0.39 is 0 Å². The molecule has 1 nitrogen and oxygen atoms in total. The minimum atomic E-state index is 0.494. The van der Waals surface area contributed by atoms with Crippen molar-refractivity contribution in [1.82, 2.24) is 5.32 Å². The Labute approximate surface area is 113 Å². The molecule has 0 aliphatic heterocycles. The quantitative estimate of drug-likeness (QED) is 0.743. The fourth-order valence-corrected chi connectivity index (χ4v) is 2.44. The molecule has 1 aromatic rings. The maximum absolute atomic E-state index is 3.61. The molecule has 0 amide bonds.